The minimum absolute atomic E-state index is 0.305. The summed E-state index contributed by atoms with van der Waals surface area (Å²) in [5.41, 5.74) is 2.36. The summed E-state index contributed by atoms with van der Waals surface area (Å²) >= 11 is 0. The molecule has 1 N–H and O–H groups in total. The van der Waals surface area contributed by atoms with Crippen LogP contribution in [0.1, 0.15) is 34.1 Å². The highest BCUT2D eigenvalue weighted by Gasteiger charge is 1.94. The van der Waals surface area contributed by atoms with E-state index in [1.807, 2.05) is 6.92 Å². The van der Waals surface area contributed by atoms with Crippen molar-refractivity contribution in [3.63, 3.8) is 0 Å². The summed E-state index contributed by atoms with van der Waals surface area (Å²) in [7, 11) is 0. The second-order valence-electron chi connectivity index (χ2n) is 3.14. The highest BCUT2D eigenvalue weighted by molar-refractivity contribution is 5.07. The van der Waals surface area contributed by atoms with Gasteiger partial charge in [-0.1, -0.05) is 17.7 Å². The van der Waals surface area contributed by atoms with Crippen LogP contribution in [-0.4, -0.2) is 11.2 Å². The first-order valence-corrected chi connectivity index (χ1v) is 4.02. The van der Waals surface area contributed by atoms with Gasteiger partial charge in [0.15, 0.2) is 0 Å². The largest absolute Gasteiger partial charge is 0.389 e. The average Bonchev–Trinajstić information content (AvgIpc) is 1.86. The number of aliphatic hydroxyl groups is 1. The number of hydrogen-bond acceptors (Lipinski definition) is 1. The van der Waals surface area contributed by atoms with Gasteiger partial charge in [-0.3, -0.25) is 0 Å². The molecular formula is C10H18O. The molecule has 0 spiro atoms. The van der Waals surface area contributed by atoms with Gasteiger partial charge < -0.3 is 5.11 Å². The van der Waals surface area contributed by atoms with Crippen LogP contribution in [0.25, 0.3) is 0 Å². The van der Waals surface area contributed by atoms with Crippen LogP contribution < -0.4 is 0 Å². The zero-order chi connectivity index (χ0) is 8.85. The number of aliphatic hydroxyl groups excluding tert-OH is 1. The topological polar surface area (TPSA) is 20.2 Å². The minimum Gasteiger partial charge on any atom is -0.389 e. The van der Waals surface area contributed by atoms with E-state index >= 15 is 0 Å². The van der Waals surface area contributed by atoms with Gasteiger partial charge in [-0.05, 0) is 39.7 Å². The second-order valence-corrected chi connectivity index (χ2v) is 3.14. The van der Waals surface area contributed by atoms with Gasteiger partial charge in [0.2, 0.25) is 0 Å². The Kier molecular flexibility index (Phi) is 4.88. The summed E-state index contributed by atoms with van der Waals surface area (Å²) in [6.45, 7) is 7.88. The second kappa shape index (κ2) is 5.14. The first kappa shape index (κ1) is 10.4. The van der Waals surface area contributed by atoms with Crippen LogP contribution in [-0.2, 0) is 0 Å². The van der Waals surface area contributed by atoms with E-state index in [2.05, 4.69) is 26.0 Å². The summed E-state index contributed by atoms with van der Waals surface area (Å²) in [6, 6.07) is 0. The number of rotatable bonds is 3. The van der Waals surface area contributed by atoms with Crippen LogP contribution in [0.2, 0.25) is 0 Å². The van der Waals surface area contributed by atoms with E-state index in [1.165, 1.54) is 5.57 Å². The molecule has 0 bridgehead atoms. The van der Waals surface area contributed by atoms with Gasteiger partial charge in [-0.25, -0.2) is 0 Å². The van der Waals surface area contributed by atoms with Crippen molar-refractivity contribution in [1.29, 1.82) is 0 Å². The lowest BCUT2D eigenvalue weighted by molar-refractivity contribution is 0.231. The lowest BCUT2D eigenvalue weighted by atomic mass is 10.1. The first-order valence-electron chi connectivity index (χ1n) is 4.02. The number of allylic oxidation sites excluding steroid dienone is 3. The van der Waals surface area contributed by atoms with Crippen molar-refractivity contribution in [3.8, 4) is 0 Å². The Morgan fingerprint density at radius 2 is 1.82 bits per heavy atom. The SMILES string of the molecule is CC(C)=CC/C=C(\C)[C@@H](C)O. The molecule has 1 nitrogen and oxygen atoms in total. The van der Waals surface area contributed by atoms with Gasteiger partial charge in [0.05, 0.1) is 6.10 Å². The molecule has 0 fully saturated rings. The molecular weight excluding hydrogens is 136 g/mol. The molecule has 64 valence electrons. The smallest absolute Gasteiger partial charge is 0.0719 e. The van der Waals surface area contributed by atoms with Crippen molar-refractivity contribution in [1.82, 2.24) is 0 Å². The molecule has 0 radical (unpaired) electrons. The molecule has 11 heavy (non-hydrogen) atoms. The lowest BCUT2D eigenvalue weighted by Crippen LogP contribution is -2.00. The van der Waals surface area contributed by atoms with Crippen molar-refractivity contribution in [2.45, 2.75) is 40.2 Å². The number of hydrogen-bond donors (Lipinski definition) is 1. The Morgan fingerprint density at radius 1 is 1.27 bits per heavy atom. The maximum atomic E-state index is 9.10. The summed E-state index contributed by atoms with van der Waals surface area (Å²) in [5, 5.41) is 9.10. The molecule has 0 aliphatic carbocycles. The highest BCUT2D eigenvalue weighted by Crippen LogP contribution is 2.03. The van der Waals surface area contributed by atoms with Crippen LogP contribution in [0.3, 0.4) is 0 Å². The maximum Gasteiger partial charge on any atom is 0.0719 e. The Labute approximate surface area is 69.4 Å². The molecule has 0 unspecified atom stereocenters. The van der Waals surface area contributed by atoms with E-state index in [-0.39, 0.29) is 6.10 Å². The Morgan fingerprint density at radius 3 is 2.18 bits per heavy atom. The molecule has 0 aromatic carbocycles. The van der Waals surface area contributed by atoms with Gasteiger partial charge in [0, 0.05) is 0 Å². The lowest BCUT2D eigenvalue weighted by Gasteiger charge is -2.02. The molecule has 0 saturated carbocycles. The van der Waals surface area contributed by atoms with Crippen molar-refractivity contribution in [3.05, 3.63) is 23.3 Å². The van der Waals surface area contributed by atoms with E-state index in [1.54, 1.807) is 6.92 Å². The molecule has 1 atom stereocenters. The third kappa shape index (κ3) is 5.86. The third-order valence-corrected chi connectivity index (χ3v) is 1.62. The fourth-order valence-electron chi connectivity index (χ4n) is 0.651. The van der Waals surface area contributed by atoms with Gasteiger partial charge >= 0.3 is 0 Å². The van der Waals surface area contributed by atoms with E-state index in [4.69, 9.17) is 5.11 Å². The standard InChI is InChI=1S/C10H18O/c1-8(2)6-5-7-9(3)10(4)11/h6-7,10-11H,5H2,1-4H3/b9-7+/t10-/m1/s1. The fourth-order valence-corrected chi connectivity index (χ4v) is 0.651. The van der Waals surface area contributed by atoms with E-state index in [0.717, 1.165) is 12.0 Å². The molecule has 0 heterocycles. The summed E-state index contributed by atoms with van der Waals surface area (Å²) < 4.78 is 0. The quantitative estimate of drug-likeness (QED) is 0.620. The predicted octanol–water partition coefficient (Wildman–Crippen LogP) is 2.67. The highest BCUT2D eigenvalue weighted by atomic mass is 16.3. The van der Waals surface area contributed by atoms with E-state index < -0.39 is 0 Å². The fraction of sp³-hybridized carbons (Fsp3) is 0.600. The van der Waals surface area contributed by atoms with E-state index in [0.29, 0.717) is 0 Å². The van der Waals surface area contributed by atoms with Crippen LogP contribution >= 0.6 is 0 Å². The van der Waals surface area contributed by atoms with Crippen LogP contribution in [0, 0.1) is 0 Å². The van der Waals surface area contributed by atoms with Gasteiger partial charge in [-0.2, -0.15) is 0 Å². The average molecular weight is 154 g/mol. The maximum absolute atomic E-state index is 9.10. The molecule has 0 amide bonds. The van der Waals surface area contributed by atoms with Crippen LogP contribution in [0.15, 0.2) is 23.3 Å². The molecule has 0 aromatic heterocycles. The molecule has 0 aliphatic rings. The minimum atomic E-state index is -0.305. The zero-order valence-electron chi connectivity index (χ0n) is 7.89. The van der Waals surface area contributed by atoms with Crippen LogP contribution in [0.4, 0.5) is 0 Å². The molecule has 1 heteroatoms. The summed E-state index contributed by atoms with van der Waals surface area (Å²) in [5.74, 6) is 0. The third-order valence-electron chi connectivity index (χ3n) is 1.62. The monoisotopic (exact) mass is 154 g/mol. The van der Waals surface area contributed by atoms with Gasteiger partial charge in [0.1, 0.15) is 0 Å². The zero-order valence-corrected chi connectivity index (χ0v) is 7.89. The van der Waals surface area contributed by atoms with Crippen molar-refractivity contribution < 1.29 is 5.11 Å². The summed E-state index contributed by atoms with van der Waals surface area (Å²) in [6.07, 6.45) is 4.82. The van der Waals surface area contributed by atoms with Crippen molar-refractivity contribution >= 4 is 0 Å². The van der Waals surface area contributed by atoms with Gasteiger partial charge in [-0.15, -0.1) is 0 Å². The Balaban J connectivity index is 3.84. The molecule has 0 rings (SSSR count). The molecule has 0 aliphatic heterocycles. The Bertz CT molecular complexity index is 160. The van der Waals surface area contributed by atoms with Gasteiger partial charge in [0.25, 0.3) is 0 Å². The summed E-state index contributed by atoms with van der Waals surface area (Å²) in [4.78, 5) is 0. The Hall–Kier alpha value is -0.560. The van der Waals surface area contributed by atoms with E-state index in [9.17, 15) is 0 Å². The van der Waals surface area contributed by atoms with Crippen LogP contribution in [0.5, 0.6) is 0 Å². The van der Waals surface area contributed by atoms with Crippen molar-refractivity contribution in [2.75, 3.05) is 0 Å². The molecule has 0 saturated heterocycles. The van der Waals surface area contributed by atoms with Crippen molar-refractivity contribution in [2.24, 2.45) is 0 Å². The normalized spacial score (nSPS) is 14.5. The predicted molar refractivity (Wildman–Crippen MR) is 49.5 cm³/mol. The first-order chi connectivity index (χ1) is 5.04. The molecule has 0 aromatic rings.